The van der Waals surface area contributed by atoms with Crippen molar-refractivity contribution in [1.82, 2.24) is 14.5 Å². The lowest BCUT2D eigenvalue weighted by molar-refractivity contribution is -0.0874. The Balaban J connectivity index is 1.22. The molecule has 6 rings (SSSR count). The van der Waals surface area contributed by atoms with E-state index in [1.807, 2.05) is 18.2 Å². The highest BCUT2D eigenvalue weighted by atomic mass is 35.5. The minimum absolute atomic E-state index is 0.128. The van der Waals surface area contributed by atoms with Gasteiger partial charge in [0.05, 0.1) is 36.3 Å². The minimum atomic E-state index is -0.951. The number of rotatable bonds is 10. The maximum atomic E-state index is 14.4. The number of hydrogen-bond acceptors (Lipinski definition) is 6. The molecule has 0 amide bonds. The summed E-state index contributed by atoms with van der Waals surface area (Å²) in [5.41, 5.74) is 3.47. The Kier molecular flexibility index (Phi) is 8.93. The van der Waals surface area contributed by atoms with Gasteiger partial charge in [-0.1, -0.05) is 49.7 Å². The normalized spacial score (nSPS) is 23.9. The Morgan fingerprint density at radius 1 is 1.16 bits per heavy atom. The first-order valence-electron chi connectivity index (χ1n) is 15.0. The number of piperidine rings is 1. The molecule has 44 heavy (non-hydrogen) atoms. The maximum Gasteiger partial charge on any atom is 0.335 e. The van der Waals surface area contributed by atoms with Crippen molar-refractivity contribution in [2.75, 3.05) is 26.0 Å². The molecule has 1 aromatic heterocycles. The van der Waals surface area contributed by atoms with Crippen molar-refractivity contribution < 1.29 is 23.8 Å². The van der Waals surface area contributed by atoms with E-state index in [0.717, 1.165) is 54.3 Å². The number of halogens is 2. The van der Waals surface area contributed by atoms with E-state index in [-0.39, 0.29) is 28.8 Å². The van der Waals surface area contributed by atoms with Crippen LogP contribution in [-0.4, -0.2) is 56.4 Å². The van der Waals surface area contributed by atoms with E-state index < -0.39 is 5.97 Å². The highest BCUT2D eigenvalue weighted by Gasteiger charge is 2.40. The van der Waals surface area contributed by atoms with E-state index in [1.54, 1.807) is 42.1 Å². The fourth-order valence-electron chi connectivity index (χ4n) is 6.82. The number of para-hydroxylation sites is 1. The molecule has 0 aliphatic carbocycles. The topological polar surface area (TPSA) is 76.8 Å². The van der Waals surface area contributed by atoms with Crippen molar-refractivity contribution in [3.8, 4) is 5.75 Å². The Morgan fingerprint density at radius 2 is 1.91 bits per heavy atom. The molecule has 0 spiro atoms. The molecular weight excluding hydrogens is 601 g/mol. The lowest BCUT2D eigenvalue weighted by atomic mass is 9.75. The molecule has 2 fully saturated rings. The third-order valence-electron chi connectivity index (χ3n) is 9.05. The molecule has 232 valence electrons. The zero-order valence-electron chi connectivity index (χ0n) is 25.1. The summed E-state index contributed by atoms with van der Waals surface area (Å²) in [5, 5.41) is 10.0. The van der Waals surface area contributed by atoms with Crippen LogP contribution in [0.5, 0.6) is 5.75 Å². The van der Waals surface area contributed by atoms with Gasteiger partial charge < -0.3 is 19.1 Å². The summed E-state index contributed by atoms with van der Waals surface area (Å²) in [6.07, 6.45) is 3.00. The molecule has 3 heterocycles. The zero-order chi connectivity index (χ0) is 31.0. The van der Waals surface area contributed by atoms with Gasteiger partial charge in [-0.3, -0.25) is 4.90 Å². The molecule has 2 saturated heterocycles. The van der Waals surface area contributed by atoms with Gasteiger partial charge in [-0.05, 0) is 66.0 Å². The average Bonchev–Trinajstić information content (AvgIpc) is 3.30. The summed E-state index contributed by atoms with van der Waals surface area (Å²) < 4.78 is 28.8. The van der Waals surface area contributed by atoms with Gasteiger partial charge in [-0.25, -0.2) is 14.2 Å². The maximum absolute atomic E-state index is 14.4. The minimum Gasteiger partial charge on any atom is -0.489 e. The standard InChI is InChI=1S/C34H37ClFN3O4S/c1-21-16-38(17-22(2)32(21)26-6-4-5-7-30(26)42-19-24-8-10-25(35)15-27(24)36)18-31-37-28-11-9-23(33(40)41)14-29(28)39(31)20-34(44-3)12-13-43-34/h4-11,14-15,21-22,32H,12-13,16-20H2,1-3H3,(H,40,41). The van der Waals surface area contributed by atoms with Crippen molar-refractivity contribution in [2.45, 2.75) is 50.8 Å². The molecule has 0 bridgehead atoms. The number of benzene rings is 3. The molecule has 0 radical (unpaired) electrons. The van der Waals surface area contributed by atoms with E-state index in [2.05, 4.69) is 35.6 Å². The number of aromatic nitrogens is 2. The van der Waals surface area contributed by atoms with Crippen LogP contribution in [0.3, 0.4) is 0 Å². The van der Waals surface area contributed by atoms with E-state index in [0.29, 0.717) is 35.5 Å². The first-order valence-corrected chi connectivity index (χ1v) is 16.6. The van der Waals surface area contributed by atoms with Crippen molar-refractivity contribution in [3.05, 3.63) is 94.0 Å². The number of ether oxygens (including phenoxy) is 2. The summed E-state index contributed by atoms with van der Waals surface area (Å²) in [6, 6.07) is 17.9. The van der Waals surface area contributed by atoms with Gasteiger partial charge in [0.2, 0.25) is 0 Å². The van der Waals surface area contributed by atoms with Crippen LogP contribution in [0.1, 0.15) is 53.5 Å². The lowest BCUT2D eigenvalue weighted by Gasteiger charge is -2.43. The van der Waals surface area contributed by atoms with E-state index in [9.17, 15) is 14.3 Å². The SMILES string of the molecule is CSC1(Cn2c(CN3CC(C)C(c4ccccc4OCc4ccc(Cl)cc4F)C(C)C3)nc3ccc(C(=O)O)cc32)CCO1. The fourth-order valence-corrected chi connectivity index (χ4v) is 7.73. The Hall–Kier alpha value is -3.11. The van der Waals surface area contributed by atoms with Gasteiger partial charge >= 0.3 is 5.97 Å². The van der Waals surface area contributed by atoms with Crippen molar-refractivity contribution in [1.29, 1.82) is 0 Å². The van der Waals surface area contributed by atoms with Gasteiger partial charge in [0, 0.05) is 30.1 Å². The van der Waals surface area contributed by atoms with Crippen molar-refractivity contribution >= 4 is 40.4 Å². The number of fused-ring (bicyclic) bond motifs is 1. The van der Waals surface area contributed by atoms with Gasteiger partial charge in [0.15, 0.2) is 0 Å². The molecule has 1 N–H and O–H groups in total. The third kappa shape index (κ3) is 6.20. The number of thioether (sulfide) groups is 1. The first-order chi connectivity index (χ1) is 21.2. The number of nitrogens with zero attached hydrogens (tertiary/aromatic N) is 3. The van der Waals surface area contributed by atoms with E-state index >= 15 is 0 Å². The molecule has 0 saturated carbocycles. The van der Waals surface area contributed by atoms with Crippen LogP contribution in [0, 0.1) is 17.7 Å². The predicted octanol–water partition coefficient (Wildman–Crippen LogP) is 7.46. The highest BCUT2D eigenvalue weighted by Crippen LogP contribution is 2.42. The van der Waals surface area contributed by atoms with Crippen LogP contribution in [0.4, 0.5) is 4.39 Å². The number of aromatic carboxylic acids is 1. The molecule has 2 aliphatic rings. The summed E-state index contributed by atoms with van der Waals surface area (Å²) in [5.74, 6) is 1.27. The largest absolute Gasteiger partial charge is 0.489 e. The predicted molar refractivity (Wildman–Crippen MR) is 172 cm³/mol. The summed E-state index contributed by atoms with van der Waals surface area (Å²) in [4.78, 5) is 18.9. The Labute approximate surface area is 266 Å². The van der Waals surface area contributed by atoms with Crippen molar-refractivity contribution in [2.24, 2.45) is 11.8 Å². The van der Waals surface area contributed by atoms with E-state index in [4.69, 9.17) is 26.1 Å². The monoisotopic (exact) mass is 637 g/mol. The fraction of sp³-hybridized carbons (Fsp3) is 0.412. The molecule has 3 atom stereocenters. The second-order valence-electron chi connectivity index (χ2n) is 12.1. The third-order valence-corrected chi connectivity index (χ3v) is 10.5. The number of hydrogen-bond donors (Lipinski definition) is 1. The van der Waals surface area contributed by atoms with Crippen molar-refractivity contribution in [3.63, 3.8) is 0 Å². The molecule has 3 unspecified atom stereocenters. The smallest absolute Gasteiger partial charge is 0.335 e. The zero-order valence-corrected chi connectivity index (χ0v) is 26.7. The molecular formula is C34H37ClFN3O4S. The second kappa shape index (κ2) is 12.7. The number of likely N-dealkylation sites (tertiary alicyclic amines) is 1. The van der Waals surface area contributed by atoms with Crippen LogP contribution in [0.25, 0.3) is 11.0 Å². The van der Waals surface area contributed by atoms with Gasteiger partial charge in [0.25, 0.3) is 0 Å². The average molecular weight is 638 g/mol. The highest BCUT2D eigenvalue weighted by molar-refractivity contribution is 7.99. The number of carboxylic acids is 1. The number of imidazole rings is 1. The summed E-state index contributed by atoms with van der Waals surface area (Å²) in [7, 11) is 0. The van der Waals surface area contributed by atoms with Crippen LogP contribution < -0.4 is 4.74 Å². The molecule has 2 aliphatic heterocycles. The summed E-state index contributed by atoms with van der Waals surface area (Å²) in [6.45, 7) is 8.40. The number of carbonyl (C=O) groups is 1. The Bertz CT molecular complexity index is 1660. The Morgan fingerprint density at radius 3 is 2.57 bits per heavy atom. The summed E-state index contributed by atoms with van der Waals surface area (Å²) >= 11 is 7.62. The van der Waals surface area contributed by atoms with Gasteiger partial charge in [-0.15, -0.1) is 11.8 Å². The van der Waals surface area contributed by atoms with Crippen LogP contribution in [0.15, 0.2) is 60.7 Å². The van der Waals surface area contributed by atoms with Crippen LogP contribution >= 0.6 is 23.4 Å². The van der Waals surface area contributed by atoms with Gasteiger partial charge in [-0.2, -0.15) is 0 Å². The second-order valence-corrected chi connectivity index (χ2v) is 13.7. The van der Waals surface area contributed by atoms with Gasteiger partial charge in [0.1, 0.15) is 28.9 Å². The molecule has 10 heteroatoms. The molecule has 7 nitrogen and oxygen atoms in total. The van der Waals surface area contributed by atoms with Crippen LogP contribution in [-0.2, 0) is 24.4 Å². The molecule has 3 aromatic carbocycles. The van der Waals surface area contributed by atoms with Crippen LogP contribution in [0.2, 0.25) is 5.02 Å². The van der Waals surface area contributed by atoms with E-state index in [1.165, 1.54) is 6.07 Å². The quantitative estimate of drug-likeness (QED) is 0.193. The lowest BCUT2D eigenvalue weighted by Crippen LogP contribution is -2.45. The first kappa shape index (κ1) is 30.9. The molecule has 4 aromatic rings. The number of carboxylic acid groups (broad SMARTS) is 1.